The second-order valence-corrected chi connectivity index (χ2v) is 4.20. The van der Waals surface area contributed by atoms with Gasteiger partial charge in [0.25, 0.3) is 0 Å². The van der Waals surface area contributed by atoms with Crippen molar-refractivity contribution in [3.63, 3.8) is 0 Å². The molecule has 1 unspecified atom stereocenters. The van der Waals surface area contributed by atoms with E-state index in [9.17, 15) is 0 Å². The van der Waals surface area contributed by atoms with Crippen LogP contribution in [0.4, 0.5) is 5.69 Å². The third kappa shape index (κ3) is 3.61. The van der Waals surface area contributed by atoms with E-state index in [1.54, 1.807) is 6.92 Å². The first kappa shape index (κ1) is 13.8. The molecular formula is C12H18ClN3O. The Bertz CT molecular complexity index is 482. The maximum atomic E-state index is 9.16. The zero-order valence-electron chi connectivity index (χ0n) is 9.81. The second-order valence-electron chi connectivity index (χ2n) is 4.20. The number of halogens is 1. The van der Waals surface area contributed by atoms with Crippen molar-refractivity contribution in [1.29, 1.82) is 0 Å². The Morgan fingerprint density at radius 2 is 2.24 bits per heavy atom. The number of fused-ring (bicyclic) bond motifs is 1. The summed E-state index contributed by atoms with van der Waals surface area (Å²) in [4.78, 5) is 7.70. The number of aliphatic hydroxyl groups is 1. The molecule has 1 aromatic heterocycles. The van der Waals surface area contributed by atoms with Gasteiger partial charge in [-0.05, 0) is 38.0 Å². The van der Waals surface area contributed by atoms with Crippen LogP contribution in [0, 0.1) is 0 Å². The van der Waals surface area contributed by atoms with Crippen molar-refractivity contribution in [3.8, 4) is 0 Å². The molecule has 2 rings (SSSR count). The molecule has 0 bridgehead atoms. The van der Waals surface area contributed by atoms with Crippen LogP contribution < -0.4 is 5.73 Å². The van der Waals surface area contributed by atoms with Gasteiger partial charge < -0.3 is 15.8 Å². The van der Waals surface area contributed by atoms with E-state index in [-0.39, 0.29) is 18.5 Å². The highest BCUT2D eigenvalue weighted by Crippen LogP contribution is 2.16. The summed E-state index contributed by atoms with van der Waals surface area (Å²) in [7, 11) is 0. The van der Waals surface area contributed by atoms with E-state index in [1.807, 2.05) is 18.2 Å². The summed E-state index contributed by atoms with van der Waals surface area (Å²) in [5.74, 6) is 0.959. The highest BCUT2D eigenvalue weighted by Gasteiger charge is 2.03. The van der Waals surface area contributed by atoms with Gasteiger partial charge in [-0.25, -0.2) is 4.98 Å². The Labute approximate surface area is 107 Å². The Balaban J connectivity index is 0.00000144. The second kappa shape index (κ2) is 5.89. The third-order valence-corrected chi connectivity index (χ3v) is 2.59. The Morgan fingerprint density at radius 1 is 1.47 bits per heavy atom. The molecule has 1 aromatic carbocycles. The van der Waals surface area contributed by atoms with Gasteiger partial charge in [-0.1, -0.05) is 0 Å². The third-order valence-electron chi connectivity index (χ3n) is 2.59. The number of nitrogens with zero attached hydrogens (tertiary/aromatic N) is 1. The van der Waals surface area contributed by atoms with Gasteiger partial charge in [-0.2, -0.15) is 0 Å². The maximum absolute atomic E-state index is 9.16. The minimum absolute atomic E-state index is 0. The summed E-state index contributed by atoms with van der Waals surface area (Å²) in [6.45, 7) is 1.80. The number of rotatable bonds is 4. The van der Waals surface area contributed by atoms with Gasteiger partial charge in [0.15, 0.2) is 0 Å². The number of H-pyrrole nitrogens is 1. The number of aromatic nitrogens is 2. The number of benzene rings is 1. The average Bonchev–Trinajstić information content (AvgIpc) is 2.58. The van der Waals surface area contributed by atoms with E-state index in [0.717, 1.165) is 41.8 Å². The fraction of sp³-hybridized carbons (Fsp3) is 0.417. The predicted molar refractivity (Wildman–Crippen MR) is 72.4 cm³/mol. The SMILES string of the molecule is CC(O)CCCc1nc2ccc(N)cc2[nH]1.Cl. The largest absolute Gasteiger partial charge is 0.399 e. The summed E-state index contributed by atoms with van der Waals surface area (Å²) >= 11 is 0. The summed E-state index contributed by atoms with van der Waals surface area (Å²) < 4.78 is 0. The first-order valence-electron chi connectivity index (χ1n) is 5.57. The number of hydrogen-bond donors (Lipinski definition) is 3. The minimum atomic E-state index is -0.236. The summed E-state index contributed by atoms with van der Waals surface area (Å²) in [5.41, 5.74) is 8.36. The Hall–Kier alpha value is -1.26. The topological polar surface area (TPSA) is 74.9 Å². The number of hydrogen-bond acceptors (Lipinski definition) is 3. The van der Waals surface area contributed by atoms with E-state index in [1.165, 1.54) is 0 Å². The Kier molecular flexibility index (Phi) is 4.78. The van der Waals surface area contributed by atoms with Gasteiger partial charge in [0.2, 0.25) is 0 Å². The highest BCUT2D eigenvalue weighted by molar-refractivity contribution is 5.85. The van der Waals surface area contributed by atoms with Crippen molar-refractivity contribution in [2.45, 2.75) is 32.3 Å². The fourth-order valence-corrected chi connectivity index (χ4v) is 1.76. The van der Waals surface area contributed by atoms with Crippen molar-refractivity contribution in [2.75, 3.05) is 5.73 Å². The molecule has 0 amide bonds. The highest BCUT2D eigenvalue weighted by atomic mass is 35.5. The maximum Gasteiger partial charge on any atom is 0.107 e. The number of aryl methyl sites for hydroxylation is 1. The molecular weight excluding hydrogens is 238 g/mol. The van der Waals surface area contributed by atoms with Crippen LogP contribution in [0.3, 0.4) is 0 Å². The van der Waals surface area contributed by atoms with Crippen molar-refractivity contribution in [3.05, 3.63) is 24.0 Å². The number of aliphatic hydroxyl groups excluding tert-OH is 1. The van der Waals surface area contributed by atoms with Crippen LogP contribution in [0.15, 0.2) is 18.2 Å². The zero-order chi connectivity index (χ0) is 11.5. The van der Waals surface area contributed by atoms with E-state index < -0.39 is 0 Å². The van der Waals surface area contributed by atoms with Crippen molar-refractivity contribution in [1.82, 2.24) is 9.97 Å². The normalized spacial score (nSPS) is 12.4. The number of nitrogens with two attached hydrogens (primary N) is 1. The molecule has 0 radical (unpaired) electrons. The minimum Gasteiger partial charge on any atom is -0.399 e. The molecule has 0 saturated heterocycles. The predicted octanol–water partition coefficient (Wildman–Crippen LogP) is 2.27. The van der Waals surface area contributed by atoms with Gasteiger partial charge >= 0.3 is 0 Å². The first-order chi connectivity index (χ1) is 7.65. The lowest BCUT2D eigenvalue weighted by molar-refractivity contribution is 0.181. The molecule has 0 aliphatic rings. The van der Waals surface area contributed by atoms with Crippen LogP contribution in [0.2, 0.25) is 0 Å². The fourth-order valence-electron chi connectivity index (χ4n) is 1.76. The quantitative estimate of drug-likeness (QED) is 0.734. The lowest BCUT2D eigenvalue weighted by Crippen LogP contribution is -2.00. The standard InChI is InChI=1S/C12H17N3O.ClH/c1-8(16)3-2-4-12-14-10-6-5-9(13)7-11(10)15-12;/h5-8,16H,2-4,13H2,1H3,(H,14,15);1H. The zero-order valence-corrected chi connectivity index (χ0v) is 10.6. The molecule has 17 heavy (non-hydrogen) atoms. The lowest BCUT2D eigenvalue weighted by Gasteiger charge is -2.00. The number of imidazole rings is 1. The van der Waals surface area contributed by atoms with Gasteiger partial charge in [0.1, 0.15) is 5.82 Å². The Morgan fingerprint density at radius 3 is 2.94 bits per heavy atom. The van der Waals surface area contributed by atoms with E-state index >= 15 is 0 Å². The van der Waals surface area contributed by atoms with Gasteiger partial charge in [0.05, 0.1) is 17.1 Å². The molecule has 0 spiro atoms. The molecule has 5 heteroatoms. The lowest BCUT2D eigenvalue weighted by atomic mass is 10.2. The van der Waals surface area contributed by atoms with Crippen molar-refractivity contribution >= 4 is 29.1 Å². The summed E-state index contributed by atoms with van der Waals surface area (Å²) in [6, 6.07) is 5.66. The average molecular weight is 256 g/mol. The van der Waals surface area contributed by atoms with Crippen LogP contribution in [0.5, 0.6) is 0 Å². The summed E-state index contributed by atoms with van der Waals surface area (Å²) in [5, 5.41) is 9.16. The van der Waals surface area contributed by atoms with Crippen LogP contribution >= 0.6 is 12.4 Å². The van der Waals surface area contributed by atoms with Crippen LogP contribution in [-0.2, 0) is 6.42 Å². The van der Waals surface area contributed by atoms with E-state index in [0.29, 0.717) is 0 Å². The molecule has 0 saturated carbocycles. The number of aromatic amines is 1. The smallest absolute Gasteiger partial charge is 0.107 e. The van der Waals surface area contributed by atoms with Crippen LogP contribution in [-0.4, -0.2) is 21.2 Å². The van der Waals surface area contributed by atoms with Gasteiger partial charge in [-0.3, -0.25) is 0 Å². The number of nitrogen functional groups attached to an aromatic ring is 1. The monoisotopic (exact) mass is 255 g/mol. The molecule has 0 fully saturated rings. The molecule has 94 valence electrons. The van der Waals surface area contributed by atoms with Crippen molar-refractivity contribution in [2.24, 2.45) is 0 Å². The van der Waals surface area contributed by atoms with Crippen molar-refractivity contribution < 1.29 is 5.11 Å². The van der Waals surface area contributed by atoms with Gasteiger partial charge in [0, 0.05) is 12.1 Å². The van der Waals surface area contributed by atoms with Crippen LogP contribution in [0.1, 0.15) is 25.6 Å². The molecule has 2 aromatic rings. The molecule has 0 aliphatic heterocycles. The van der Waals surface area contributed by atoms with Gasteiger partial charge in [-0.15, -0.1) is 12.4 Å². The molecule has 1 atom stereocenters. The first-order valence-corrected chi connectivity index (χ1v) is 5.57. The molecule has 0 aliphatic carbocycles. The molecule has 4 N–H and O–H groups in total. The molecule has 1 heterocycles. The van der Waals surface area contributed by atoms with E-state index in [4.69, 9.17) is 10.8 Å². The van der Waals surface area contributed by atoms with E-state index in [2.05, 4.69) is 9.97 Å². The number of anilines is 1. The number of nitrogens with one attached hydrogen (secondary N) is 1. The van der Waals surface area contributed by atoms with Crippen LogP contribution in [0.25, 0.3) is 11.0 Å². The molecule has 4 nitrogen and oxygen atoms in total. The summed E-state index contributed by atoms with van der Waals surface area (Å²) in [6.07, 6.45) is 2.37.